The third kappa shape index (κ3) is 2.80. The van der Waals surface area contributed by atoms with Crippen molar-refractivity contribution >= 4 is 5.97 Å². The summed E-state index contributed by atoms with van der Waals surface area (Å²) in [5.74, 6) is 0.603. The van der Waals surface area contributed by atoms with Gasteiger partial charge in [-0.1, -0.05) is 6.07 Å². The Morgan fingerprint density at radius 2 is 1.55 bits per heavy atom. The van der Waals surface area contributed by atoms with Gasteiger partial charge in [-0.25, -0.2) is 4.79 Å². The summed E-state index contributed by atoms with van der Waals surface area (Å²) in [6, 6.07) is 9.12. The van der Waals surface area contributed by atoms with Crippen molar-refractivity contribution in [2.24, 2.45) is 5.92 Å². The number of carbonyl (C=O) groups excluding carboxylic acids is 1. The van der Waals surface area contributed by atoms with Gasteiger partial charge in [-0.05, 0) is 47.4 Å². The number of esters is 1. The number of rotatable bonds is 5. The predicted molar refractivity (Wildman–Crippen MR) is 104 cm³/mol. The van der Waals surface area contributed by atoms with E-state index < -0.39 is 17.5 Å². The minimum Gasteiger partial charge on any atom is -0.493 e. The minimum absolute atomic E-state index is 0.174. The Morgan fingerprint density at radius 1 is 0.931 bits per heavy atom. The number of hydrogen-bond donors (Lipinski definition) is 1. The lowest BCUT2D eigenvalue weighted by Crippen LogP contribution is -2.50. The van der Waals surface area contributed by atoms with Crippen LogP contribution in [0.25, 0.3) is 0 Å². The molecule has 0 amide bonds. The van der Waals surface area contributed by atoms with Crippen LogP contribution in [0.3, 0.4) is 0 Å². The van der Waals surface area contributed by atoms with Gasteiger partial charge in [0, 0.05) is 11.8 Å². The predicted octanol–water partition coefficient (Wildman–Crippen LogP) is 2.31. The summed E-state index contributed by atoms with van der Waals surface area (Å²) in [5, 5.41) is 11.6. The molecule has 3 atom stereocenters. The van der Waals surface area contributed by atoms with E-state index in [-0.39, 0.29) is 12.5 Å². The van der Waals surface area contributed by atoms with Gasteiger partial charge in [0.15, 0.2) is 28.6 Å². The van der Waals surface area contributed by atoms with Crippen LogP contribution in [0.5, 0.6) is 23.0 Å². The van der Waals surface area contributed by atoms with Crippen LogP contribution in [0.4, 0.5) is 0 Å². The van der Waals surface area contributed by atoms with Gasteiger partial charge in [-0.2, -0.15) is 0 Å². The highest BCUT2D eigenvalue weighted by molar-refractivity contribution is 5.85. The molecule has 1 aliphatic heterocycles. The van der Waals surface area contributed by atoms with E-state index in [0.717, 1.165) is 16.7 Å². The number of carbonyl (C=O) groups is 1. The average Bonchev–Trinajstić information content (AvgIpc) is 3.04. The molecule has 1 N–H and O–H groups in total. The molecule has 2 aliphatic rings. The number of aliphatic hydroxyl groups is 1. The molecule has 1 heterocycles. The molecular formula is C22H24O7. The molecule has 1 aliphatic carbocycles. The highest BCUT2D eigenvalue weighted by atomic mass is 16.6. The quantitative estimate of drug-likeness (QED) is 0.771. The number of cyclic esters (lactones) is 1. The van der Waals surface area contributed by atoms with Crippen molar-refractivity contribution in [2.45, 2.75) is 17.9 Å². The maximum Gasteiger partial charge on any atom is 0.339 e. The molecule has 2 aromatic rings. The first-order valence-corrected chi connectivity index (χ1v) is 9.34. The van der Waals surface area contributed by atoms with Gasteiger partial charge in [0.05, 0.1) is 35.0 Å². The first kappa shape index (κ1) is 19.4. The van der Waals surface area contributed by atoms with Crippen molar-refractivity contribution in [1.82, 2.24) is 0 Å². The topological polar surface area (TPSA) is 83.5 Å². The molecule has 7 heteroatoms. The Kier molecular flexibility index (Phi) is 4.78. The van der Waals surface area contributed by atoms with E-state index in [9.17, 15) is 9.90 Å². The lowest BCUT2D eigenvalue weighted by Gasteiger charge is -2.40. The van der Waals surface area contributed by atoms with Crippen molar-refractivity contribution < 1.29 is 33.6 Å². The van der Waals surface area contributed by atoms with Crippen LogP contribution in [0.1, 0.15) is 22.6 Å². The average molecular weight is 400 g/mol. The Labute approximate surface area is 169 Å². The van der Waals surface area contributed by atoms with Crippen LogP contribution in [-0.2, 0) is 16.0 Å². The Bertz CT molecular complexity index is 954. The third-order valence-electron chi connectivity index (χ3n) is 5.97. The lowest BCUT2D eigenvalue weighted by atomic mass is 9.64. The molecule has 0 spiro atoms. The second-order valence-corrected chi connectivity index (χ2v) is 7.28. The van der Waals surface area contributed by atoms with Crippen LogP contribution in [0.15, 0.2) is 30.3 Å². The van der Waals surface area contributed by atoms with Crippen LogP contribution in [0.2, 0.25) is 0 Å². The normalized spacial score (nSPS) is 24.9. The fourth-order valence-electron chi connectivity index (χ4n) is 4.50. The third-order valence-corrected chi connectivity index (χ3v) is 5.97. The summed E-state index contributed by atoms with van der Waals surface area (Å²) in [4.78, 5) is 12.7. The number of hydrogen-bond acceptors (Lipinski definition) is 7. The monoisotopic (exact) mass is 400 g/mol. The maximum atomic E-state index is 12.7. The van der Waals surface area contributed by atoms with Gasteiger partial charge in [0.1, 0.15) is 0 Å². The van der Waals surface area contributed by atoms with Crippen LogP contribution < -0.4 is 18.9 Å². The summed E-state index contributed by atoms with van der Waals surface area (Å²) >= 11 is 0. The van der Waals surface area contributed by atoms with Crippen LogP contribution in [-0.4, -0.2) is 51.7 Å². The Hall–Kier alpha value is -2.93. The fraction of sp³-hybridized carbons (Fsp3) is 0.409. The number of ether oxygens (including phenoxy) is 5. The van der Waals surface area contributed by atoms with Crippen LogP contribution >= 0.6 is 0 Å². The number of methoxy groups -OCH3 is 4. The number of benzene rings is 2. The summed E-state index contributed by atoms with van der Waals surface area (Å²) in [5.41, 5.74) is 0.830. The SMILES string of the molecule is COc1ccc([C@@H]2c3cc(OC)c(OC)cc3C[C@H]3COC(=O)[C@]32O)cc1OC. The zero-order valence-electron chi connectivity index (χ0n) is 16.9. The Balaban J connectivity index is 1.96. The zero-order valence-corrected chi connectivity index (χ0v) is 16.9. The molecule has 29 heavy (non-hydrogen) atoms. The summed E-state index contributed by atoms with van der Waals surface area (Å²) in [6.07, 6.45) is 0.502. The Morgan fingerprint density at radius 3 is 2.21 bits per heavy atom. The van der Waals surface area contributed by atoms with Crippen molar-refractivity contribution in [3.05, 3.63) is 47.0 Å². The van der Waals surface area contributed by atoms with E-state index in [1.807, 2.05) is 18.2 Å². The molecule has 0 unspecified atom stereocenters. The second kappa shape index (κ2) is 7.15. The molecule has 4 rings (SSSR count). The molecule has 0 aromatic heterocycles. The van der Waals surface area contributed by atoms with E-state index in [1.54, 1.807) is 40.6 Å². The van der Waals surface area contributed by atoms with Gasteiger partial charge < -0.3 is 28.8 Å². The smallest absolute Gasteiger partial charge is 0.339 e. The molecule has 0 bridgehead atoms. The van der Waals surface area contributed by atoms with E-state index in [0.29, 0.717) is 29.4 Å². The highest BCUT2D eigenvalue weighted by Gasteiger charge is 2.60. The summed E-state index contributed by atoms with van der Waals surface area (Å²) < 4.78 is 27.0. The lowest BCUT2D eigenvalue weighted by molar-refractivity contribution is -0.156. The molecular weight excluding hydrogens is 376 g/mol. The zero-order chi connectivity index (χ0) is 20.8. The van der Waals surface area contributed by atoms with Gasteiger partial charge in [-0.3, -0.25) is 0 Å². The summed E-state index contributed by atoms with van der Waals surface area (Å²) in [6.45, 7) is 0.174. The van der Waals surface area contributed by atoms with Crippen molar-refractivity contribution in [2.75, 3.05) is 35.0 Å². The van der Waals surface area contributed by atoms with E-state index in [1.165, 1.54) is 0 Å². The molecule has 1 saturated heterocycles. The molecule has 0 radical (unpaired) electrons. The van der Waals surface area contributed by atoms with Gasteiger partial charge in [0.2, 0.25) is 0 Å². The van der Waals surface area contributed by atoms with E-state index >= 15 is 0 Å². The number of fused-ring (bicyclic) bond motifs is 2. The molecule has 2 aromatic carbocycles. The van der Waals surface area contributed by atoms with E-state index in [4.69, 9.17) is 23.7 Å². The minimum atomic E-state index is -1.67. The maximum absolute atomic E-state index is 12.7. The van der Waals surface area contributed by atoms with Crippen molar-refractivity contribution in [3.8, 4) is 23.0 Å². The summed E-state index contributed by atoms with van der Waals surface area (Å²) in [7, 11) is 6.24. The molecule has 154 valence electrons. The molecule has 7 nitrogen and oxygen atoms in total. The van der Waals surface area contributed by atoms with Gasteiger partial charge in [0.25, 0.3) is 0 Å². The fourth-order valence-corrected chi connectivity index (χ4v) is 4.50. The largest absolute Gasteiger partial charge is 0.493 e. The standard InChI is InChI=1S/C22H24O7/c1-25-16-6-5-12(8-17(16)26-2)20-15-10-19(28-4)18(27-3)9-13(15)7-14-11-29-21(23)22(14,20)24/h5-6,8-10,14,20,24H,7,11H2,1-4H3/t14-,20+,22-/m0/s1. The van der Waals surface area contributed by atoms with Gasteiger partial charge >= 0.3 is 5.97 Å². The first-order chi connectivity index (χ1) is 14.0. The molecule has 1 fully saturated rings. The van der Waals surface area contributed by atoms with E-state index in [2.05, 4.69) is 0 Å². The van der Waals surface area contributed by atoms with Crippen LogP contribution in [0, 0.1) is 5.92 Å². The van der Waals surface area contributed by atoms with Crippen molar-refractivity contribution in [1.29, 1.82) is 0 Å². The highest BCUT2D eigenvalue weighted by Crippen LogP contribution is 2.52. The second-order valence-electron chi connectivity index (χ2n) is 7.28. The molecule has 0 saturated carbocycles. The van der Waals surface area contributed by atoms with Crippen molar-refractivity contribution in [3.63, 3.8) is 0 Å². The van der Waals surface area contributed by atoms with Gasteiger partial charge in [-0.15, -0.1) is 0 Å². The first-order valence-electron chi connectivity index (χ1n) is 9.34.